The number of alkyl halides is 2. The lowest BCUT2D eigenvalue weighted by molar-refractivity contribution is -0.121. The van der Waals surface area contributed by atoms with Gasteiger partial charge in [-0.3, -0.25) is 14.5 Å². The number of hydrogen-bond donors (Lipinski definition) is 2. The molecule has 3 atom stereocenters. The van der Waals surface area contributed by atoms with E-state index in [4.69, 9.17) is 0 Å². The summed E-state index contributed by atoms with van der Waals surface area (Å²) in [6.07, 6.45) is 8.20. The van der Waals surface area contributed by atoms with E-state index in [0.29, 0.717) is 72.2 Å². The van der Waals surface area contributed by atoms with E-state index in [-0.39, 0.29) is 42.5 Å². The maximum Gasteiger partial charge on any atom is 0.387 e. The maximum atomic E-state index is 13.7. The number of aromatic nitrogens is 2. The number of benzene rings is 2. The highest BCUT2D eigenvalue weighted by Crippen LogP contribution is 2.38. The first-order valence-corrected chi connectivity index (χ1v) is 20.4. The molecule has 0 bridgehead atoms. The smallest absolute Gasteiger partial charge is 0.387 e. The van der Waals surface area contributed by atoms with Crippen LogP contribution in [0.25, 0.3) is 5.70 Å². The fourth-order valence-corrected chi connectivity index (χ4v) is 9.17. The van der Waals surface area contributed by atoms with Gasteiger partial charge in [0, 0.05) is 55.5 Å². The highest BCUT2D eigenvalue weighted by molar-refractivity contribution is 7.82. The molecule has 2 aromatic carbocycles. The van der Waals surface area contributed by atoms with E-state index < -0.39 is 23.6 Å². The van der Waals surface area contributed by atoms with Gasteiger partial charge in [0.05, 0.1) is 35.0 Å². The van der Waals surface area contributed by atoms with Gasteiger partial charge in [0.1, 0.15) is 17.3 Å². The highest BCUT2D eigenvalue weighted by atomic mass is 32.2. The summed E-state index contributed by atoms with van der Waals surface area (Å²) >= 11 is 0. The van der Waals surface area contributed by atoms with Crippen molar-refractivity contribution in [1.82, 2.24) is 29.4 Å². The minimum absolute atomic E-state index is 0.0312. The average Bonchev–Trinajstić information content (AvgIpc) is 3.48. The maximum absolute atomic E-state index is 13.7. The molecule has 16 heteroatoms. The Balaban J connectivity index is 0.989. The van der Waals surface area contributed by atoms with Crippen LogP contribution in [0.2, 0.25) is 0 Å². The van der Waals surface area contributed by atoms with Gasteiger partial charge >= 0.3 is 6.61 Å². The van der Waals surface area contributed by atoms with Crippen LogP contribution in [0.4, 0.5) is 14.7 Å². The molecule has 4 heterocycles. The van der Waals surface area contributed by atoms with Gasteiger partial charge in [-0.15, -0.1) is 0 Å². The number of hydrogen-bond acceptors (Lipinski definition) is 10. The number of aldehydes is 1. The van der Waals surface area contributed by atoms with Crippen LogP contribution in [-0.2, 0) is 27.0 Å². The Bertz CT molecular complexity index is 2010. The molecule has 2 fully saturated rings. The average molecular weight is 803 g/mol. The molecule has 0 radical (unpaired) electrons. The quantitative estimate of drug-likeness (QED) is 0.183. The summed E-state index contributed by atoms with van der Waals surface area (Å²) in [5.74, 6) is 0.0373. The molecule has 3 aliphatic heterocycles. The number of carbonyl (C=O) groups is 3. The summed E-state index contributed by atoms with van der Waals surface area (Å²) < 4.78 is 44.7. The number of fused-ring (bicyclic) bond motifs is 1. The summed E-state index contributed by atoms with van der Waals surface area (Å²) in [5, 5.41) is 15.6. The number of anilines is 1. The topological polar surface area (TPSA) is 161 Å². The van der Waals surface area contributed by atoms with E-state index in [0.717, 1.165) is 49.0 Å². The van der Waals surface area contributed by atoms with Crippen LogP contribution in [0, 0.1) is 11.3 Å². The van der Waals surface area contributed by atoms with Crippen LogP contribution >= 0.6 is 0 Å². The molecule has 0 aliphatic carbocycles. The van der Waals surface area contributed by atoms with Gasteiger partial charge in [-0.25, -0.2) is 18.5 Å². The molecule has 0 spiro atoms. The lowest BCUT2D eigenvalue weighted by Crippen LogP contribution is -2.40. The Morgan fingerprint density at radius 1 is 1.07 bits per heavy atom. The Labute approximate surface area is 334 Å². The van der Waals surface area contributed by atoms with Gasteiger partial charge in [-0.1, -0.05) is 12.6 Å². The Morgan fingerprint density at radius 3 is 2.44 bits per heavy atom. The molecule has 2 saturated heterocycles. The number of likely N-dealkylation sites (tertiary alicyclic amines) is 1. The van der Waals surface area contributed by atoms with Gasteiger partial charge in [-0.2, -0.15) is 14.0 Å². The SMILES string of the molecule is C=C1c2cc(C3CCN(C(C)CCc4cc(S(=O)N5CCC(Nc6ncc(OC(F)F)cn6)CC5)ccc4C#N)CC3)ccc2C(=O)N1C(C=O)CCC(=O)NC. The second-order valence-electron chi connectivity index (χ2n) is 14.7. The number of amides is 2. The molecule has 2 N–H and O–H groups in total. The van der Waals surface area contributed by atoms with Crippen LogP contribution in [0.15, 0.2) is 60.3 Å². The van der Waals surface area contributed by atoms with Crippen molar-refractivity contribution < 1.29 is 32.1 Å². The Kier molecular flexibility index (Phi) is 13.8. The molecular weight excluding hydrogens is 755 g/mol. The number of ether oxygens (including phenoxy) is 1. The van der Waals surface area contributed by atoms with Crippen molar-refractivity contribution in [3.05, 3.63) is 83.2 Å². The number of aryl methyl sites for hydroxylation is 1. The van der Waals surface area contributed by atoms with E-state index in [1.54, 1.807) is 12.1 Å². The molecule has 3 aliphatic rings. The van der Waals surface area contributed by atoms with Crippen molar-refractivity contribution in [2.24, 2.45) is 0 Å². The first-order valence-electron chi connectivity index (χ1n) is 19.3. The largest absolute Gasteiger partial charge is 0.432 e. The molecule has 57 heavy (non-hydrogen) atoms. The third-order valence-corrected chi connectivity index (χ3v) is 12.8. The summed E-state index contributed by atoms with van der Waals surface area (Å²) in [7, 11) is 0.132. The normalized spacial score (nSPS) is 18.5. The predicted octanol–water partition coefficient (Wildman–Crippen LogP) is 5.27. The minimum atomic E-state index is -2.95. The number of nitriles is 1. The molecule has 13 nitrogen and oxygen atoms in total. The Morgan fingerprint density at radius 2 is 1.79 bits per heavy atom. The van der Waals surface area contributed by atoms with Crippen molar-refractivity contribution in [2.75, 3.05) is 38.5 Å². The zero-order valence-electron chi connectivity index (χ0n) is 32.2. The molecule has 1 aromatic heterocycles. The number of carbonyl (C=O) groups excluding carboxylic acids is 3. The van der Waals surface area contributed by atoms with Gasteiger partial charge in [0.25, 0.3) is 5.91 Å². The second-order valence-corrected chi connectivity index (χ2v) is 16.2. The third-order valence-electron chi connectivity index (χ3n) is 11.3. The number of nitrogens with one attached hydrogen (secondary N) is 2. The van der Waals surface area contributed by atoms with Crippen LogP contribution in [-0.4, -0.2) is 104 Å². The Hall–Kier alpha value is -5.11. The van der Waals surface area contributed by atoms with Crippen molar-refractivity contribution >= 4 is 40.7 Å². The zero-order chi connectivity index (χ0) is 40.6. The van der Waals surface area contributed by atoms with Crippen molar-refractivity contribution in [3.8, 4) is 11.8 Å². The van der Waals surface area contributed by atoms with Crippen molar-refractivity contribution in [3.63, 3.8) is 0 Å². The zero-order valence-corrected chi connectivity index (χ0v) is 33.0. The fourth-order valence-electron chi connectivity index (χ4n) is 7.90. The van der Waals surface area contributed by atoms with Crippen LogP contribution in [0.5, 0.6) is 5.75 Å². The van der Waals surface area contributed by atoms with E-state index >= 15 is 0 Å². The van der Waals surface area contributed by atoms with E-state index in [9.17, 15) is 32.6 Å². The van der Waals surface area contributed by atoms with Crippen LogP contribution < -0.4 is 15.4 Å². The summed E-state index contributed by atoms with van der Waals surface area (Å²) in [6.45, 7) is 6.34. The molecular formula is C41H48F2N8O5S. The van der Waals surface area contributed by atoms with Crippen LogP contribution in [0.1, 0.15) is 90.4 Å². The first-order chi connectivity index (χ1) is 27.5. The molecule has 2 amide bonds. The minimum Gasteiger partial charge on any atom is -0.432 e. The fraction of sp³-hybridized carbons (Fsp3) is 0.463. The van der Waals surface area contributed by atoms with Gasteiger partial charge in [0.2, 0.25) is 11.9 Å². The van der Waals surface area contributed by atoms with E-state index in [1.165, 1.54) is 24.3 Å². The molecule has 3 unspecified atom stereocenters. The standard InChI is InChI=1S/C41H48F2N8O5S/c1-26(49-16-12-28(13-17-49)30-7-10-36-37(21-30)27(2)51(39(36)54)33(25-52)8-11-38(53)45-3)4-5-29-20-35(9-6-31(29)22-44)57(55)50-18-14-32(15-19-50)48-41-46-23-34(24-47-41)56-40(42)43/h6-7,9-10,20-21,23-26,28,32-33,40H,2,4-5,8,11-19H2,1,3H3,(H,45,53)(H,46,47,48). The van der Waals surface area contributed by atoms with E-state index in [1.807, 2.05) is 28.6 Å². The summed E-state index contributed by atoms with van der Waals surface area (Å²) in [6, 6.07) is 13.1. The number of halogens is 2. The van der Waals surface area contributed by atoms with Gasteiger partial charge < -0.3 is 25.1 Å². The van der Waals surface area contributed by atoms with E-state index in [2.05, 4.69) is 49.8 Å². The first kappa shape index (κ1) is 41.5. The number of piperidine rings is 2. The number of rotatable bonds is 16. The van der Waals surface area contributed by atoms with Gasteiger partial charge in [0.15, 0.2) is 5.75 Å². The summed E-state index contributed by atoms with van der Waals surface area (Å²) in [5.41, 5.74) is 4.34. The van der Waals surface area contributed by atoms with Crippen molar-refractivity contribution in [2.45, 2.75) is 93.8 Å². The highest BCUT2D eigenvalue weighted by Gasteiger charge is 2.37. The van der Waals surface area contributed by atoms with Crippen LogP contribution in [0.3, 0.4) is 0 Å². The van der Waals surface area contributed by atoms with Crippen molar-refractivity contribution in [1.29, 1.82) is 5.26 Å². The second kappa shape index (κ2) is 18.9. The third kappa shape index (κ3) is 9.89. The lowest BCUT2D eigenvalue weighted by atomic mass is 9.87. The van der Waals surface area contributed by atoms with Gasteiger partial charge in [-0.05, 0) is 112 Å². The molecule has 3 aromatic rings. The number of nitrogens with zero attached hydrogens (tertiary/aromatic N) is 6. The monoisotopic (exact) mass is 802 g/mol. The molecule has 0 saturated carbocycles. The lowest BCUT2D eigenvalue weighted by Gasteiger charge is -2.36. The predicted molar refractivity (Wildman–Crippen MR) is 211 cm³/mol. The molecule has 6 rings (SSSR count). The molecule has 302 valence electrons. The summed E-state index contributed by atoms with van der Waals surface area (Å²) in [4.78, 5) is 49.7.